The van der Waals surface area contributed by atoms with E-state index in [1.807, 2.05) is 24.3 Å². The Morgan fingerprint density at radius 2 is 1.90 bits per heavy atom. The van der Waals surface area contributed by atoms with Crippen LogP contribution in [-0.4, -0.2) is 28.5 Å². The average Bonchev–Trinajstić information content (AvgIpc) is 2.90. The summed E-state index contributed by atoms with van der Waals surface area (Å²) in [6, 6.07) is 9.08. The molecule has 1 aromatic heterocycles. The largest absolute Gasteiger partial charge is 0.478 e. The topological polar surface area (TPSA) is 70.5 Å². The van der Waals surface area contributed by atoms with Crippen LogP contribution < -0.4 is 4.90 Å². The fraction of sp³-hybridized carbons (Fsp3) is 0.133. The number of carboxylic acids is 1. The van der Waals surface area contributed by atoms with Crippen molar-refractivity contribution in [2.24, 2.45) is 0 Å². The standard InChI is InChI=1S/C15H12N2O3/c18-14(11-7-12(15(19)20)9-16-8-11)17-6-5-10-3-1-2-4-13(10)17/h1-4,7-9H,5-6H2,(H,19,20). The summed E-state index contributed by atoms with van der Waals surface area (Å²) in [6.07, 6.45) is 3.45. The Morgan fingerprint density at radius 1 is 1.15 bits per heavy atom. The maximum absolute atomic E-state index is 12.5. The molecule has 1 amide bonds. The maximum atomic E-state index is 12.5. The molecule has 5 heteroatoms. The number of carbonyl (C=O) groups is 2. The lowest BCUT2D eigenvalue weighted by Gasteiger charge is -2.17. The first-order valence-corrected chi connectivity index (χ1v) is 6.25. The summed E-state index contributed by atoms with van der Waals surface area (Å²) < 4.78 is 0. The summed E-state index contributed by atoms with van der Waals surface area (Å²) in [4.78, 5) is 28.9. The Morgan fingerprint density at radius 3 is 2.70 bits per heavy atom. The average molecular weight is 268 g/mol. The fourth-order valence-electron chi connectivity index (χ4n) is 2.38. The van der Waals surface area contributed by atoms with Crippen LogP contribution in [0.3, 0.4) is 0 Å². The molecular weight excluding hydrogens is 256 g/mol. The van der Waals surface area contributed by atoms with E-state index < -0.39 is 5.97 Å². The zero-order valence-electron chi connectivity index (χ0n) is 10.6. The minimum Gasteiger partial charge on any atom is -0.478 e. The second-order valence-corrected chi connectivity index (χ2v) is 4.60. The van der Waals surface area contributed by atoms with Crippen molar-refractivity contribution >= 4 is 17.6 Å². The first-order chi connectivity index (χ1) is 9.66. The number of anilines is 1. The van der Waals surface area contributed by atoms with Crippen LogP contribution in [0.5, 0.6) is 0 Å². The Balaban J connectivity index is 1.95. The predicted molar refractivity (Wildman–Crippen MR) is 73.0 cm³/mol. The van der Waals surface area contributed by atoms with Crippen LogP contribution in [0.4, 0.5) is 5.69 Å². The highest BCUT2D eigenvalue weighted by Crippen LogP contribution is 2.28. The van der Waals surface area contributed by atoms with Crippen LogP contribution in [0, 0.1) is 0 Å². The molecule has 5 nitrogen and oxygen atoms in total. The van der Waals surface area contributed by atoms with E-state index in [-0.39, 0.29) is 11.5 Å². The van der Waals surface area contributed by atoms with Gasteiger partial charge in [0.2, 0.25) is 0 Å². The summed E-state index contributed by atoms with van der Waals surface area (Å²) >= 11 is 0. The number of aromatic nitrogens is 1. The lowest BCUT2D eigenvalue weighted by atomic mass is 10.1. The second-order valence-electron chi connectivity index (χ2n) is 4.60. The minimum absolute atomic E-state index is 0.0170. The number of carboxylic acid groups (broad SMARTS) is 1. The SMILES string of the molecule is O=C(O)c1cncc(C(=O)N2CCc3ccccc32)c1. The van der Waals surface area contributed by atoms with Crippen LogP contribution in [0.25, 0.3) is 0 Å². The molecule has 0 unspecified atom stereocenters. The molecule has 1 aliphatic heterocycles. The van der Waals surface area contributed by atoms with Gasteiger partial charge in [0.1, 0.15) is 0 Å². The highest BCUT2D eigenvalue weighted by atomic mass is 16.4. The van der Waals surface area contributed by atoms with Gasteiger partial charge in [0, 0.05) is 24.6 Å². The van der Waals surface area contributed by atoms with Crippen molar-refractivity contribution in [3.8, 4) is 0 Å². The van der Waals surface area contributed by atoms with Crippen molar-refractivity contribution in [1.82, 2.24) is 4.98 Å². The fourth-order valence-corrected chi connectivity index (χ4v) is 2.38. The van der Waals surface area contributed by atoms with Gasteiger partial charge >= 0.3 is 5.97 Å². The van der Waals surface area contributed by atoms with Gasteiger partial charge in [-0.15, -0.1) is 0 Å². The summed E-state index contributed by atoms with van der Waals surface area (Å²) in [6.45, 7) is 0.607. The van der Waals surface area contributed by atoms with Crippen molar-refractivity contribution in [2.75, 3.05) is 11.4 Å². The van der Waals surface area contributed by atoms with Gasteiger partial charge in [0.15, 0.2) is 0 Å². The molecule has 20 heavy (non-hydrogen) atoms. The molecule has 100 valence electrons. The van der Waals surface area contributed by atoms with E-state index in [0.29, 0.717) is 12.1 Å². The highest BCUT2D eigenvalue weighted by Gasteiger charge is 2.25. The van der Waals surface area contributed by atoms with Crippen LogP contribution in [0.15, 0.2) is 42.7 Å². The zero-order valence-corrected chi connectivity index (χ0v) is 10.6. The number of amides is 1. The van der Waals surface area contributed by atoms with Gasteiger partial charge in [-0.2, -0.15) is 0 Å². The molecule has 2 heterocycles. The van der Waals surface area contributed by atoms with Crippen LogP contribution in [0.2, 0.25) is 0 Å². The second kappa shape index (κ2) is 4.77. The minimum atomic E-state index is -1.09. The Labute approximate surface area is 115 Å². The van der Waals surface area contributed by atoms with Gasteiger partial charge in [-0.25, -0.2) is 4.79 Å². The molecule has 1 N–H and O–H groups in total. The van der Waals surface area contributed by atoms with Gasteiger partial charge < -0.3 is 10.0 Å². The van der Waals surface area contributed by atoms with E-state index in [1.165, 1.54) is 18.5 Å². The van der Waals surface area contributed by atoms with Crippen LogP contribution in [0.1, 0.15) is 26.3 Å². The van der Waals surface area contributed by atoms with Gasteiger partial charge in [0.25, 0.3) is 5.91 Å². The smallest absolute Gasteiger partial charge is 0.337 e. The third-order valence-corrected chi connectivity index (χ3v) is 3.36. The molecule has 1 aliphatic rings. The number of benzene rings is 1. The van der Waals surface area contributed by atoms with Gasteiger partial charge in [-0.05, 0) is 24.1 Å². The van der Waals surface area contributed by atoms with Crippen molar-refractivity contribution in [3.05, 3.63) is 59.4 Å². The number of pyridine rings is 1. The maximum Gasteiger partial charge on any atom is 0.337 e. The van der Waals surface area contributed by atoms with E-state index >= 15 is 0 Å². The normalized spacial score (nSPS) is 13.1. The number of rotatable bonds is 2. The number of para-hydroxylation sites is 1. The van der Waals surface area contributed by atoms with Crippen molar-refractivity contribution in [2.45, 2.75) is 6.42 Å². The molecule has 0 aliphatic carbocycles. The quantitative estimate of drug-likeness (QED) is 0.904. The van der Waals surface area contributed by atoms with E-state index in [0.717, 1.165) is 17.7 Å². The molecule has 0 spiro atoms. The molecule has 1 aromatic carbocycles. The van der Waals surface area contributed by atoms with E-state index in [2.05, 4.69) is 4.98 Å². The predicted octanol–water partition coefficient (Wildman–Crippen LogP) is 1.98. The van der Waals surface area contributed by atoms with Crippen molar-refractivity contribution < 1.29 is 14.7 Å². The third-order valence-electron chi connectivity index (χ3n) is 3.36. The molecule has 0 atom stereocenters. The lowest BCUT2D eigenvalue weighted by molar-refractivity contribution is 0.0696. The summed E-state index contributed by atoms with van der Waals surface area (Å²) in [7, 11) is 0. The highest BCUT2D eigenvalue weighted by molar-refractivity contribution is 6.08. The molecular formula is C15H12N2O3. The Kier molecular flexibility index (Phi) is 2.95. The molecule has 3 rings (SSSR count). The molecule has 0 fully saturated rings. The van der Waals surface area contributed by atoms with Gasteiger partial charge in [-0.1, -0.05) is 18.2 Å². The number of carbonyl (C=O) groups excluding carboxylic acids is 1. The number of hydrogen-bond donors (Lipinski definition) is 1. The van der Waals surface area contributed by atoms with Crippen LogP contribution in [-0.2, 0) is 6.42 Å². The molecule has 0 saturated heterocycles. The van der Waals surface area contributed by atoms with Crippen molar-refractivity contribution in [1.29, 1.82) is 0 Å². The zero-order chi connectivity index (χ0) is 14.1. The molecule has 0 radical (unpaired) electrons. The van der Waals surface area contributed by atoms with E-state index in [1.54, 1.807) is 4.90 Å². The van der Waals surface area contributed by atoms with E-state index in [9.17, 15) is 9.59 Å². The third kappa shape index (κ3) is 2.03. The summed E-state index contributed by atoms with van der Waals surface area (Å²) in [5, 5.41) is 8.95. The lowest BCUT2D eigenvalue weighted by Crippen LogP contribution is -2.29. The van der Waals surface area contributed by atoms with Crippen molar-refractivity contribution in [3.63, 3.8) is 0 Å². The van der Waals surface area contributed by atoms with Gasteiger partial charge in [-0.3, -0.25) is 9.78 Å². The molecule has 0 bridgehead atoms. The monoisotopic (exact) mass is 268 g/mol. The molecule has 0 saturated carbocycles. The van der Waals surface area contributed by atoms with Gasteiger partial charge in [0.05, 0.1) is 11.1 Å². The number of aromatic carboxylic acids is 1. The Hall–Kier alpha value is -2.69. The van der Waals surface area contributed by atoms with E-state index in [4.69, 9.17) is 5.11 Å². The number of fused-ring (bicyclic) bond motifs is 1. The first-order valence-electron chi connectivity index (χ1n) is 6.25. The Bertz CT molecular complexity index is 697. The number of nitrogens with zero attached hydrogens (tertiary/aromatic N) is 2. The summed E-state index contributed by atoms with van der Waals surface area (Å²) in [5.74, 6) is -1.31. The molecule has 2 aromatic rings. The summed E-state index contributed by atoms with van der Waals surface area (Å²) in [5.41, 5.74) is 2.33. The van der Waals surface area contributed by atoms with Crippen LogP contribution >= 0.6 is 0 Å². The first kappa shape index (κ1) is 12.3. The number of hydrogen-bond acceptors (Lipinski definition) is 3.